The summed E-state index contributed by atoms with van der Waals surface area (Å²) in [5, 5.41) is 9.28. The first kappa shape index (κ1) is 30.6. The monoisotopic (exact) mass is 622 g/mol. The lowest BCUT2D eigenvalue weighted by atomic mass is 10.0. The number of anilines is 1. The largest absolute Gasteiger partial charge is 0.435 e. The number of para-hydroxylation sites is 1. The molecule has 4 aromatic carbocycles. The number of carbonyl (C=O) groups is 1. The Labute approximate surface area is 251 Å². The average molecular weight is 623 g/mol. The van der Waals surface area contributed by atoms with E-state index in [1.54, 1.807) is 30.3 Å². The second-order valence-corrected chi connectivity index (χ2v) is 11.9. The Bertz CT molecular complexity index is 1920. The zero-order valence-corrected chi connectivity index (χ0v) is 24.1. The molecule has 0 spiro atoms. The fraction of sp³-hybridized carbons (Fsp3) is 0.125. The molecule has 0 radical (unpaired) electrons. The van der Waals surface area contributed by atoms with Gasteiger partial charge in [-0.25, -0.2) is 17.5 Å². The van der Waals surface area contributed by atoms with Crippen molar-refractivity contribution in [1.29, 1.82) is 0 Å². The summed E-state index contributed by atoms with van der Waals surface area (Å²) in [6.07, 6.45) is -3.81. The highest BCUT2D eigenvalue weighted by atomic mass is 32.2. The quantitative estimate of drug-likeness (QED) is 0.180. The number of sulfone groups is 1. The van der Waals surface area contributed by atoms with Gasteiger partial charge in [-0.2, -0.15) is 18.3 Å². The molecule has 0 saturated carbocycles. The van der Waals surface area contributed by atoms with Gasteiger partial charge in [0.2, 0.25) is 0 Å². The van der Waals surface area contributed by atoms with Crippen LogP contribution in [0.5, 0.6) is 0 Å². The van der Waals surface area contributed by atoms with Gasteiger partial charge in [-0.3, -0.25) is 4.79 Å². The average Bonchev–Trinajstić information content (AvgIpc) is 3.45. The Morgan fingerprint density at radius 1 is 0.864 bits per heavy atom. The van der Waals surface area contributed by atoms with Crippen molar-refractivity contribution in [2.75, 3.05) is 11.6 Å². The van der Waals surface area contributed by atoms with Crippen LogP contribution in [-0.4, -0.2) is 30.4 Å². The number of alkyl halides is 3. The predicted octanol–water partition coefficient (Wildman–Crippen LogP) is 6.64. The van der Waals surface area contributed by atoms with Crippen molar-refractivity contribution in [2.45, 2.75) is 24.2 Å². The van der Waals surface area contributed by atoms with Gasteiger partial charge in [0.1, 0.15) is 11.5 Å². The van der Waals surface area contributed by atoms with Crippen LogP contribution in [-0.2, 0) is 29.1 Å². The summed E-state index contributed by atoms with van der Waals surface area (Å²) >= 11 is 0. The van der Waals surface area contributed by atoms with Crippen molar-refractivity contribution >= 4 is 21.4 Å². The molecule has 5 rings (SSSR count). The molecule has 0 aliphatic carbocycles. The van der Waals surface area contributed by atoms with E-state index in [2.05, 4.69) is 15.7 Å². The Morgan fingerprint density at radius 2 is 1.55 bits per heavy atom. The lowest BCUT2D eigenvalue weighted by Crippen LogP contribution is -2.20. The van der Waals surface area contributed by atoms with Crippen molar-refractivity contribution < 1.29 is 30.8 Å². The van der Waals surface area contributed by atoms with Crippen molar-refractivity contribution in [3.63, 3.8) is 0 Å². The van der Waals surface area contributed by atoms with Gasteiger partial charge in [-0.1, -0.05) is 72.8 Å². The van der Waals surface area contributed by atoms with E-state index in [-0.39, 0.29) is 33.9 Å². The number of nitrogens with zero attached hydrogens (tertiary/aromatic N) is 2. The van der Waals surface area contributed by atoms with Crippen LogP contribution in [0, 0.1) is 5.82 Å². The molecule has 0 aliphatic heterocycles. The Kier molecular flexibility index (Phi) is 8.66. The SMILES string of the molecule is CS(=O)(=O)c1ccccc1-c1ccc(NC(=O)c2cc(C(F)(F)F)nn2-c2ccccc2CNCc2ccccc2)c(F)c1. The fourth-order valence-corrected chi connectivity index (χ4v) is 5.58. The van der Waals surface area contributed by atoms with Gasteiger partial charge in [0.25, 0.3) is 5.91 Å². The first-order chi connectivity index (χ1) is 20.9. The highest BCUT2D eigenvalue weighted by Gasteiger charge is 2.36. The Balaban J connectivity index is 1.45. The molecule has 12 heteroatoms. The molecule has 0 atom stereocenters. The van der Waals surface area contributed by atoms with Gasteiger partial charge < -0.3 is 10.6 Å². The summed E-state index contributed by atoms with van der Waals surface area (Å²) < 4.78 is 81.8. The van der Waals surface area contributed by atoms with E-state index >= 15 is 4.39 Å². The van der Waals surface area contributed by atoms with Crippen LogP contribution >= 0.6 is 0 Å². The highest BCUT2D eigenvalue weighted by molar-refractivity contribution is 7.90. The van der Waals surface area contributed by atoms with Gasteiger partial charge in [-0.05, 0) is 41.0 Å². The normalized spacial score (nSPS) is 11.8. The molecule has 2 N–H and O–H groups in total. The van der Waals surface area contributed by atoms with Crippen LogP contribution in [0.25, 0.3) is 16.8 Å². The van der Waals surface area contributed by atoms with Crippen molar-refractivity contribution in [3.05, 3.63) is 131 Å². The third kappa shape index (κ3) is 6.87. The molecule has 5 aromatic rings. The summed E-state index contributed by atoms with van der Waals surface area (Å²) in [4.78, 5) is 13.3. The summed E-state index contributed by atoms with van der Waals surface area (Å²) in [5.41, 5.74) is 0.268. The van der Waals surface area contributed by atoms with E-state index in [1.165, 1.54) is 30.3 Å². The molecule has 1 heterocycles. The molecule has 0 aliphatic rings. The summed E-state index contributed by atoms with van der Waals surface area (Å²) in [6.45, 7) is 0.762. The predicted molar refractivity (Wildman–Crippen MR) is 158 cm³/mol. The number of carbonyl (C=O) groups excluding carboxylic acids is 1. The lowest BCUT2D eigenvalue weighted by molar-refractivity contribution is -0.141. The number of hydrogen-bond donors (Lipinski definition) is 2. The van der Waals surface area contributed by atoms with Crippen molar-refractivity contribution in [2.24, 2.45) is 0 Å². The third-order valence-corrected chi connectivity index (χ3v) is 7.91. The molecular formula is C32H26F4N4O3S. The van der Waals surface area contributed by atoms with Crippen molar-refractivity contribution in [3.8, 4) is 16.8 Å². The van der Waals surface area contributed by atoms with Gasteiger partial charge in [0.15, 0.2) is 15.5 Å². The Morgan fingerprint density at radius 3 is 2.25 bits per heavy atom. The van der Waals surface area contributed by atoms with E-state index in [0.29, 0.717) is 18.2 Å². The lowest BCUT2D eigenvalue weighted by Gasteiger charge is -2.14. The minimum atomic E-state index is -4.85. The number of hydrogen-bond acceptors (Lipinski definition) is 5. The molecule has 0 bridgehead atoms. The topological polar surface area (TPSA) is 93.1 Å². The minimum absolute atomic E-state index is 0.00306. The number of amides is 1. The van der Waals surface area contributed by atoms with Gasteiger partial charge in [-0.15, -0.1) is 0 Å². The number of benzene rings is 4. The minimum Gasteiger partial charge on any atom is -0.318 e. The molecular weight excluding hydrogens is 596 g/mol. The van der Waals surface area contributed by atoms with E-state index in [0.717, 1.165) is 22.6 Å². The molecule has 7 nitrogen and oxygen atoms in total. The van der Waals surface area contributed by atoms with Crippen molar-refractivity contribution in [1.82, 2.24) is 15.1 Å². The maximum atomic E-state index is 15.2. The number of nitrogens with one attached hydrogen (secondary N) is 2. The molecule has 1 aromatic heterocycles. The second kappa shape index (κ2) is 12.4. The van der Waals surface area contributed by atoms with Crippen LogP contribution in [0.3, 0.4) is 0 Å². The van der Waals surface area contributed by atoms with Crippen LogP contribution in [0.1, 0.15) is 27.3 Å². The second-order valence-electron chi connectivity index (χ2n) is 9.96. The van der Waals surface area contributed by atoms with E-state index in [9.17, 15) is 26.4 Å². The summed E-state index contributed by atoms with van der Waals surface area (Å²) in [5.74, 6) is -1.94. The van der Waals surface area contributed by atoms with Gasteiger partial charge in [0, 0.05) is 31.0 Å². The highest BCUT2D eigenvalue weighted by Crippen LogP contribution is 2.32. The van der Waals surface area contributed by atoms with Crippen LogP contribution in [0.15, 0.2) is 108 Å². The molecule has 0 fully saturated rings. The zero-order valence-electron chi connectivity index (χ0n) is 23.3. The number of aromatic nitrogens is 2. The first-order valence-electron chi connectivity index (χ1n) is 13.3. The van der Waals surface area contributed by atoms with Crippen LogP contribution in [0.4, 0.5) is 23.2 Å². The maximum Gasteiger partial charge on any atom is 0.435 e. The van der Waals surface area contributed by atoms with E-state index < -0.39 is 39.1 Å². The van der Waals surface area contributed by atoms with Gasteiger partial charge >= 0.3 is 6.18 Å². The van der Waals surface area contributed by atoms with E-state index in [1.807, 2.05) is 30.3 Å². The fourth-order valence-electron chi connectivity index (χ4n) is 4.67. The molecule has 1 amide bonds. The molecule has 226 valence electrons. The molecule has 0 saturated heterocycles. The summed E-state index contributed by atoms with van der Waals surface area (Å²) in [7, 11) is -3.62. The first-order valence-corrected chi connectivity index (χ1v) is 15.2. The van der Waals surface area contributed by atoms with E-state index in [4.69, 9.17) is 0 Å². The maximum absolute atomic E-state index is 15.2. The number of rotatable bonds is 9. The van der Waals surface area contributed by atoms with Crippen LogP contribution in [0.2, 0.25) is 0 Å². The van der Waals surface area contributed by atoms with Gasteiger partial charge in [0.05, 0.1) is 16.3 Å². The third-order valence-electron chi connectivity index (χ3n) is 6.75. The molecule has 44 heavy (non-hydrogen) atoms. The zero-order chi connectivity index (χ0) is 31.5. The number of halogens is 4. The van der Waals surface area contributed by atoms with Crippen LogP contribution < -0.4 is 10.6 Å². The Hall–Kier alpha value is -4.81. The standard InChI is InChI=1S/C32H26F4N4O3S/c1-44(42,43)29-14-8-6-12-24(29)22-15-16-26(25(33)17-22)38-31(41)28-18-30(32(34,35)36)39-40(28)27-13-7-5-11-23(27)20-37-19-21-9-3-2-4-10-21/h2-18,37H,19-20H2,1H3,(H,38,41). The smallest absolute Gasteiger partial charge is 0.318 e. The summed E-state index contributed by atoms with van der Waals surface area (Å²) in [6, 6.07) is 26.5. The molecule has 0 unspecified atom stereocenters.